The second-order valence-corrected chi connectivity index (χ2v) is 19.9. The summed E-state index contributed by atoms with van der Waals surface area (Å²) in [6.45, 7) is 21.0. The zero-order valence-corrected chi connectivity index (χ0v) is 40.6. The fourth-order valence-electron chi connectivity index (χ4n) is 9.12. The van der Waals surface area contributed by atoms with Crippen LogP contribution in [0.3, 0.4) is 0 Å². The normalized spacial score (nSPS) is 20.3. The molecule has 0 saturated carbocycles. The van der Waals surface area contributed by atoms with Gasteiger partial charge in [-0.25, -0.2) is 16.0 Å². The lowest BCUT2D eigenvalue weighted by atomic mass is 9.98. The zero-order valence-electron chi connectivity index (χ0n) is 39.7. The third-order valence-electron chi connectivity index (χ3n) is 12.4. The summed E-state index contributed by atoms with van der Waals surface area (Å²) in [4.78, 5) is 31.2. The van der Waals surface area contributed by atoms with Crippen molar-refractivity contribution in [3.63, 3.8) is 0 Å². The molecule has 2 aliphatic rings. The number of hydrogen-bond acceptors (Lipinski definition) is 8. The largest absolute Gasteiger partial charge is 0.346 e. The van der Waals surface area contributed by atoms with Crippen LogP contribution in [0.25, 0.3) is 4.85 Å². The van der Waals surface area contributed by atoms with Crippen LogP contribution in [-0.4, -0.2) is 70.2 Å². The van der Waals surface area contributed by atoms with Crippen LogP contribution in [0.1, 0.15) is 228 Å². The number of hydrogen-bond donors (Lipinski definition) is 1. The Bertz CT molecular complexity index is 1380. The van der Waals surface area contributed by atoms with E-state index >= 15 is 0 Å². The third kappa shape index (κ3) is 20.4. The van der Waals surface area contributed by atoms with Gasteiger partial charge in [0, 0.05) is 37.2 Å². The van der Waals surface area contributed by atoms with Crippen molar-refractivity contribution < 1.29 is 23.3 Å². The zero-order chi connectivity index (χ0) is 44.1. The lowest BCUT2D eigenvalue weighted by molar-refractivity contribution is -0.227. The molecule has 61 heavy (non-hydrogen) atoms. The van der Waals surface area contributed by atoms with Gasteiger partial charge in [-0.1, -0.05) is 168 Å². The fourth-order valence-corrected chi connectivity index (χ4v) is 10.7. The number of rotatable bonds is 38. The van der Waals surface area contributed by atoms with Gasteiger partial charge in [-0.3, -0.25) is 14.3 Å². The highest BCUT2D eigenvalue weighted by Crippen LogP contribution is 2.50. The van der Waals surface area contributed by atoms with Gasteiger partial charge in [0.2, 0.25) is 6.54 Å². The summed E-state index contributed by atoms with van der Waals surface area (Å²) >= 11 is 0. The highest BCUT2D eigenvalue weighted by molar-refractivity contribution is 7.44. The SMILES string of the molecule is [C-]#[N+]CCOP(OCC1OC(n2ccc(=O)[nH]c2=O)C2OC(CCCCCCCCCCCCCCC)(CCCCCCCCCCCCCCC)OC12)N(C(C)C)C(C)C. The van der Waals surface area contributed by atoms with Crippen molar-refractivity contribution in [2.45, 2.75) is 264 Å². The summed E-state index contributed by atoms with van der Waals surface area (Å²) in [5.41, 5.74) is -0.995. The number of fused-ring (bicyclic) bond motifs is 1. The number of aromatic amines is 1. The average molecular weight is 877 g/mol. The Kier molecular flexibility index (Phi) is 28.2. The molecule has 1 N–H and O–H groups in total. The molecule has 2 fully saturated rings. The molecule has 2 saturated heterocycles. The first-order chi connectivity index (χ1) is 29.7. The number of unbranched alkanes of at least 4 members (excludes halogenated alkanes) is 24. The molecule has 12 heteroatoms. The predicted molar refractivity (Wildman–Crippen MR) is 251 cm³/mol. The Morgan fingerprint density at radius 3 is 1.57 bits per heavy atom. The van der Waals surface area contributed by atoms with Crippen LogP contribution in [0.4, 0.5) is 0 Å². The van der Waals surface area contributed by atoms with Gasteiger partial charge in [-0.2, -0.15) is 0 Å². The highest BCUT2D eigenvalue weighted by Gasteiger charge is 2.58. The first kappa shape index (κ1) is 53.7. The Morgan fingerprint density at radius 1 is 0.705 bits per heavy atom. The van der Waals surface area contributed by atoms with Crippen molar-refractivity contribution in [3.05, 3.63) is 44.5 Å². The molecule has 1 aromatic heterocycles. The fraction of sp³-hybridized carbons (Fsp3) is 0.898. The van der Waals surface area contributed by atoms with Crippen molar-refractivity contribution >= 4 is 8.53 Å². The van der Waals surface area contributed by atoms with Crippen LogP contribution >= 0.6 is 8.53 Å². The van der Waals surface area contributed by atoms with Gasteiger partial charge in [0.25, 0.3) is 14.1 Å². The van der Waals surface area contributed by atoms with E-state index < -0.39 is 50.1 Å². The number of nitrogens with zero attached hydrogens (tertiary/aromatic N) is 3. The molecular formula is C49H89N4O7P. The maximum Gasteiger partial charge on any atom is 0.330 e. The van der Waals surface area contributed by atoms with Crippen LogP contribution in [-0.2, 0) is 23.3 Å². The molecule has 11 nitrogen and oxygen atoms in total. The number of H-pyrrole nitrogens is 1. The molecule has 0 aliphatic carbocycles. The molecule has 5 unspecified atom stereocenters. The number of ether oxygens (including phenoxy) is 3. The highest BCUT2D eigenvalue weighted by atomic mass is 31.2. The van der Waals surface area contributed by atoms with E-state index in [0.29, 0.717) is 0 Å². The maximum absolute atomic E-state index is 13.2. The minimum atomic E-state index is -1.50. The van der Waals surface area contributed by atoms with Gasteiger partial charge in [0.15, 0.2) is 12.0 Å². The van der Waals surface area contributed by atoms with Gasteiger partial charge in [0.1, 0.15) is 24.9 Å². The molecule has 0 bridgehead atoms. The summed E-state index contributed by atoms with van der Waals surface area (Å²) in [5.74, 6) is -0.782. The van der Waals surface area contributed by atoms with Crippen LogP contribution in [0.15, 0.2) is 21.9 Å². The Hall–Kier alpha value is -1.64. The van der Waals surface area contributed by atoms with Gasteiger partial charge in [-0.15, -0.1) is 0 Å². The third-order valence-corrected chi connectivity index (χ3v) is 14.5. The first-order valence-corrected chi connectivity index (χ1v) is 26.3. The quantitative estimate of drug-likeness (QED) is 0.0397. The van der Waals surface area contributed by atoms with Gasteiger partial charge >= 0.3 is 5.69 Å². The van der Waals surface area contributed by atoms with Crippen LogP contribution in [0.5, 0.6) is 0 Å². The van der Waals surface area contributed by atoms with Crippen LogP contribution in [0.2, 0.25) is 0 Å². The lowest BCUT2D eigenvalue weighted by Gasteiger charge is -2.36. The van der Waals surface area contributed by atoms with E-state index in [1.165, 1.54) is 158 Å². The monoisotopic (exact) mass is 877 g/mol. The van der Waals surface area contributed by atoms with E-state index in [0.717, 1.165) is 38.5 Å². The summed E-state index contributed by atoms with van der Waals surface area (Å²) in [5, 5.41) is 0. The van der Waals surface area contributed by atoms with E-state index in [4.69, 9.17) is 29.8 Å². The van der Waals surface area contributed by atoms with Gasteiger partial charge < -0.3 is 28.1 Å². The van der Waals surface area contributed by atoms with Gasteiger partial charge in [-0.05, 0) is 40.5 Å². The topological polar surface area (TPSA) is 109 Å². The number of aromatic nitrogens is 2. The van der Waals surface area contributed by atoms with Crippen molar-refractivity contribution in [1.82, 2.24) is 14.2 Å². The molecule has 0 spiro atoms. The molecule has 3 rings (SSSR count). The Labute approximate surface area is 372 Å². The molecule has 5 atom stereocenters. The molecule has 0 aromatic carbocycles. The molecular weight excluding hydrogens is 788 g/mol. The molecule has 0 amide bonds. The molecule has 2 aliphatic heterocycles. The standard InChI is InChI=1S/C49H89N4O7P/c1-8-10-12-14-16-18-20-22-24-26-28-30-32-35-49(36-33-31-29-27-25-23-21-19-17-15-13-11-9-2)59-45-43(40-57-61(56-39-37-50-7)53(41(3)4)42(5)6)58-47(46(45)60-49)52-38-34-44(54)51-48(52)55/h34,38,41-43,45-47H,8-33,35-37,39-40H2,1-6H3,(H,51,54,55). The van der Waals surface area contributed by atoms with Crippen molar-refractivity contribution in [2.24, 2.45) is 0 Å². The minimum Gasteiger partial charge on any atom is -0.346 e. The molecule has 3 heterocycles. The maximum atomic E-state index is 13.2. The van der Waals surface area contributed by atoms with E-state index in [-0.39, 0.29) is 31.8 Å². The van der Waals surface area contributed by atoms with Crippen molar-refractivity contribution in [1.29, 1.82) is 0 Å². The second kappa shape index (κ2) is 32.1. The summed E-state index contributed by atoms with van der Waals surface area (Å²) in [7, 11) is -1.50. The molecule has 0 radical (unpaired) electrons. The first-order valence-electron chi connectivity index (χ1n) is 25.2. The van der Waals surface area contributed by atoms with E-state index in [9.17, 15) is 9.59 Å². The van der Waals surface area contributed by atoms with Crippen LogP contribution < -0.4 is 11.2 Å². The second-order valence-electron chi connectivity index (χ2n) is 18.5. The average Bonchev–Trinajstić information content (AvgIpc) is 3.76. The molecule has 1 aromatic rings. The number of nitrogens with one attached hydrogen (secondary N) is 1. The molecule has 352 valence electrons. The van der Waals surface area contributed by atoms with Crippen molar-refractivity contribution in [2.75, 3.05) is 19.8 Å². The van der Waals surface area contributed by atoms with E-state index in [1.807, 2.05) is 0 Å². The Balaban J connectivity index is 1.67. The predicted octanol–water partition coefficient (Wildman–Crippen LogP) is 13.2. The summed E-state index contributed by atoms with van der Waals surface area (Å²) in [6.07, 6.45) is 34.4. The smallest absolute Gasteiger partial charge is 0.330 e. The van der Waals surface area contributed by atoms with E-state index in [2.05, 4.69) is 56.0 Å². The van der Waals surface area contributed by atoms with Crippen molar-refractivity contribution in [3.8, 4) is 0 Å². The summed E-state index contributed by atoms with van der Waals surface area (Å²) < 4.78 is 37.2. The summed E-state index contributed by atoms with van der Waals surface area (Å²) in [6, 6.07) is 1.66. The van der Waals surface area contributed by atoms with Crippen LogP contribution in [0, 0.1) is 6.57 Å². The minimum absolute atomic E-state index is 0.156. The lowest BCUT2D eigenvalue weighted by Crippen LogP contribution is -2.38. The van der Waals surface area contributed by atoms with E-state index in [1.54, 1.807) is 0 Å². The Morgan fingerprint density at radius 2 is 1.15 bits per heavy atom. The van der Waals surface area contributed by atoms with Gasteiger partial charge in [0.05, 0.1) is 6.61 Å².